The lowest BCUT2D eigenvalue weighted by Crippen LogP contribution is -2.35. The minimum absolute atomic E-state index is 0.116. The zero-order valence-corrected chi connectivity index (χ0v) is 21.3. The summed E-state index contributed by atoms with van der Waals surface area (Å²) in [5.41, 5.74) is 0.451. The second-order valence-corrected chi connectivity index (χ2v) is 9.34. The fourth-order valence-electron chi connectivity index (χ4n) is 2.87. The van der Waals surface area contributed by atoms with Gasteiger partial charge < -0.3 is 19.2 Å². The molecule has 0 aliphatic carbocycles. The summed E-state index contributed by atoms with van der Waals surface area (Å²) in [6, 6.07) is 5.33. The lowest BCUT2D eigenvalue weighted by molar-refractivity contribution is -0.121. The van der Waals surface area contributed by atoms with Crippen molar-refractivity contribution in [1.82, 2.24) is 13.5 Å². The van der Waals surface area contributed by atoms with Crippen LogP contribution in [0.15, 0.2) is 28.5 Å². The average Bonchev–Trinajstić information content (AvgIpc) is 3.08. The lowest BCUT2D eigenvalue weighted by Gasteiger charge is -2.21. The van der Waals surface area contributed by atoms with Gasteiger partial charge in [0.1, 0.15) is 18.4 Å². The van der Waals surface area contributed by atoms with Crippen LogP contribution in [0.1, 0.15) is 26.3 Å². The van der Waals surface area contributed by atoms with Crippen LogP contribution < -0.4 is 9.47 Å². The number of carbonyl (C=O) groups is 3. The highest BCUT2D eigenvalue weighted by Gasteiger charge is 2.33. The Labute approximate surface area is 202 Å². The van der Waals surface area contributed by atoms with Gasteiger partial charge in [-0.05, 0) is 26.8 Å². The molecule has 0 spiro atoms. The molecule has 1 heterocycles. The third-order valence-electron chi connectivity index (χ3n) is 4.41. The number of ether oxygens (including phenoxy) is 2. The number of rotatable bonds is 7. The summed E-state index contributed by atoms with van der Waals surface area (Å²) < 4.78 is 13.5. The van der Waals surface area contributed by atoms with Crippen LogP contribution >= 0.6 is 12.1 Å². The summed E-state index contributed by atoms with van der Waals surface area (Å²) in [6.45, 7) is 5.37. The second-order valence-electron chi connectivity index (χ2n) is 8.08. The van der Waals surface area contributed by atoms with E-state index in [0.717, 1.165) is 14.2 Å². The zero-order valence-electron chi connectivity index (χ0n) is 20.4. The Morgan fingerprint density at radius 1 is 1.06 bits per heavy atom. The van der Waals surface area contributed by atoms with Crippen molar-refractivity contribution >= 4 is 41.7 Å². The summed E-state index contributed by atoms with van der Waals surface area (Å²) in [4.78, 5) is 47.9. The zero-order chi connectivity index (χ0) is 25.6. The first-order valence-electron chi connectivity index (χ1n) is 10.1. The lowest BCUT2D eigenvalue weighted by atomic mass is 10.0. The van der Waals surface area contributed by atoms with Crippen LogP contribution in [0.4, 0.5) is 9.59 Å². The van der Waals surface area contributed by atoms with Crippen molar-refractivity contribution < 1.29 is 33.5 Å². The molecule has 1 aromatic rings. The molecule has 0 aromatic heterocycles. The molecule has 0 fully saturated rings. The molecule has 0 radical (unpaired) electrons. The summed E-state index contributed by atoms with van der Waals surface area (Å²) in [5.74, 6) is 0.269. The standard InChI is InChI=1S/C21H29N5O7S/c1-13(22-30-8)16(18(27)24(4)5)23-33-20(29)26(7)34-25(6)19(28)31-15-11-9-10-14-12-21(2,3)32-17(14)15/h9-11H,12H2,1-8H3. The minimum Gasteiger partial charge on any atom is -0.483 e. The van der Waals surface area contributed by atoms with Gasteiger partial charge in [0.2, 0.25) is 0 Å². The van der Waals surface area contributed by atoms with Gasteiger partial charge in [0.15, 0.2) is 17.2 Å². The number of hydrogen-bond donors (Lipinski definition) is 0. The summed E-state index contributed by atoms with van der Waals surface area (Å²) in [5, 5.41) is 7.26. The van der Waals surface area contributed by atoms with Gasteiger partial charge in [-0.25, -0.2) is 18.2 Å². The van der Waals surface area contributed by atoms with Crippen molar-refractivity contribution in [3.8, 4) is 11.5 Å². The average molecular weight is 496 g/mol. The number of benzene rings is 1. The Balaban J connectivity index is 2.02. The first-order chi connectivity index (χ1) is 15.9. The van der Waals surface area contributed by atoms with Gasteiger partial charge in [0.05, 0.1) is 12.1 Å². The molecule has 0 atom stereocenters. The van der Waals surface area contributed by atoms with E-state index in [-0.39, 0.29) is 17.2 Å². The molecule has 1 aromatic carbocycles. The Kier molecular flexibility index (Phi) is 8.74. The minimum atomic E-state index is -0.940. The van der Waals surface area contributed by atoms with E-state index < -0.39 is 23.7 Å². The summed E-state index contributed by atoms with van der Waals surface area (Å²) >= 11 is 0.710. The summed E-state index contributed by atoms with van der Waals surface area (Å²) in [6.07, 6.45) is -0.980. The quantitative estimate of drug-likeness (QED) is 0.245. The van der Waals surface area contributed by atoms with E-state index in [1.807, 2.05) is 19.9 Å². The molecular weight excluding hydrogens is 466 g/mol. The van der Waals surface area contributed by atoms with Crippen LogP contribution in [0.2, 0.25) is 0 Å². The SMILES string of the molecule is CON=C(C)C(=NOC(=O)N(C)SN(C)C(=O)Oc1cccc2c1OC(C)(C)C2)C(=O)N(C)C. The van der Waals surface area contributed by atoms with Crippen molar-refractivity contribution in [1.29, 1.82) is 0 Å². The molecule has 0 saturated heterocycles. The molecule has 0 unspecified atom stereocenters. The van der Waals surface area contributed by atoms with Crippen LogP contribution in [0, 0.1) is 0 Å². The number of oxime groups is 2. The molecule has 12 nitrogen and oxygen atoms in total. The van der Waals surface area contributed by atoms with Gasteiger partial charge in [0.25, 0.3) is 5.91 Å². The van der Waals surface area contributed by atoms with Crippen LogP contribution in [0.5, 0.6) is 11.5 Å². The molecule has 0 N–H and O–H groups in total. The van der Waals surface area contributed by atoms with E-state index in [2.05, 4.69) is 15.1 Å². The van der Waals surface area contributed by atoms with Crippen LogP contribution in [-0.2, 0) is 20.9 Å². The molecule has 0 bridgehead atoms. The maximum Gasteiger partial charge on any atom is 0.447 e. The van der Waals surface area contributed by atoms with Gasteiger partial charge in [-0.3, -0.25) is 9.63 Å². The normalized spacial score (nSPS) is 14.5. The fraction of sp³-hybridized carbons (Fsp3) is 0.476. The van der Waals surface area contributed by atoms with E-state index >= 15 is 0 Å². The van der Waals surface area contributed by atoms with Gasteiger partial charge >= 0.3 is 12.2 Å². The van der Waals surface area contributed by atoms with Gasteiger partial charge in [0, 0.05) is 40.2 Å². The number of nitrogens with zero attached hydrogens (tertiary/aromatic N) is 5. The Morgan fingerprint density at radius 2 is 1.71 bits per heavy atom. The highest BCUT2D eigenvalue weighted by molar-refractivity contribution is 7.95. The maximum atomic E-state index is 12.6. The molecular formula is C21H29N5O7S. The van der Waals surface area contributed by atoms with Crippen molar-refractivity contribution in [2.75, 3.05) is 35.3 Å². The third kappa shape index (κ3) is 6.76. The fourth-order valence-corrected chi connectivity index (χ4v) is 3.44. The highest BCUT2D eigenvalue weighted by atomic mass is 32.2. The highest BCUT2D eigenvalue weighted by Crippen LogP contribution is 2.42. The number of hydrogen-bond acceptors (Lipinski definition) is 10. The Morgan fingerprint density at radius 3 is 2.32 bits per heavy atom. The largest absolute Gasteiger partial charge is 0.483 e. The van der Waals surface area contributed by atoms with Crippen LogP contribution in [0.25, 0.3) is 0 Å². The summed E-state index contributed by atoms with van der Waals surface area (Å²) in [7, 11) is 7.11. The second kappa shape index (κ2) is 11.1. The molecule has 0 saturated carbocycles. The predicted molar refractivity (Wildman–Crippen MR) is 127 cm³/mol. The topological polar surface area (TPSA) is 123 Å². The van der Waals surface area contributed by atoms with Gasteiger partial charge in [-0.2, -0.15) is 0 Å². The molecule has 1 aliphatic heterocycles. The molecule has 3 amide bonds. The van der Waals surface area contributed by atoms with Gasteiger partial charge in [-0.15, -0.1) is 0 Å². The molecule has 1 aliphatic rings. The van der Waals surface area contributed by atoms with Crippen LogP contribution in [-0.4, -0.2) is 83.9 Å². The van der Waals surface area contributed by atoms with Gasteiger partial charge in [-0.1, -0.05) is 22.4 Å². The number of carbonyl (C=O) groups excluding carboxylic acids is 3. The predicted octanol–water partition coefficient (Wildman–Crippen LogP) is 2.93. The van der Waals surface area contributed by atoms with Crippen LogP contribution in [0.3, 0.4) is 0 Å². The van der Waals surface area contributed by atoms with E-state index in [9.17, 15) is 14.4 Å². The third-order valence-corrected chi connectivity index (χ3v) is 5.19. The molecule has 186 valence electrons. The number of fused-ring (bicyclic) bond motifs is 1. The molecule has 2 rings (SSSR count). The molecule has 34 heavy (non-hydrogen) atoms. The first kappa shape index (κ1) is 26.8. The Hall–Kier alpha value is -3.48. The number of amides is 3. The number of para-hydroxylation sites is 1. The van der Waals surface area contributed by atoms with Crippen molar-refractivity contribution in [2.45, 2.75) is 32.8 Å². The molecule has 13 heteroatoms. The van der Waals surface area contributed by atoms with Crippen molar-refractivity contribution in [2.24, 2.45) is 10.3 Å². The monoisotopic (exact) mass is 495 g/mol. The van der Waals surface area contributed by atoms with E-state index in [1.165, 1.54) is 47.1 Å². The Bertz CT molecular complexity index is 1010. The maximum absolute atomic E-state index is 12.6. The smallest absolute Gasteiger partial charge is 0.447 e. The van der Waals surface area contributed by atoms with E-state index in [0.29, 0.717) is 24.3 Å². The van der Waals surface area contributed by atoms with E-state index in [4.69, 9.17) is 14.3 Å². The first-order valence-corrected chi connectivity index (χ1v) is 10.9. The van der Waals surface area contributed by atoms with E-state index in [1.54, 1.807) is 12.1 Å². The van der Waals surface area contributed by atoms with Crippen molar-refractivity contribution in [3.63, 3.8) is 0 Å². The van der Waals surface area contributed by atoms with Crippen molar-refractivity contribution in [3.05, 3.63) is 23.8 Å².